The number of nitrogens with one attached hydrogen (secondary N) is 1. The number of benzene rings is 1. The van der Waals surface area contributed by atoms with Crippen LogP contribution in [0.15, 0.2) is 29.2 Å². The molecular weight excluding hydrogens is 292 g/mol. The highest BCUT2D eigenvalue weighted by Crippen LogP contribution is 2.46. The average Bonchev–Trinajstić information content (AvgIpc) is 2.84. The monoisotopic (exact) mass is 310 g/mol. The van der Waals surface area contributed by atoms with Crippen molar-refractivity contribution in [3.8, 4) is 0 Å². The molecule has 1 aromatic carbocycles. The Hall–Kier alpha value is -0.950. The van der Waals surface area contributed by atoms with Crippen LogP contribution in [-0.4, -0.2) is 14.5 Å². The summed E-state index contributed by atoms with van der Waals surface area (Å²) in [5.74, 6) is 0. The summed E-state index contributed by atoms with van der Waals surface area (Å²) in [4.78, 5) is 1.08. The van der Waals surface area contributed by atoms with E-state index >= 15 is 0 Å². The van der Waals surface area contributed by atoms with Gasteiger partial charge in [0.15, 0.2) is 0 Å². The molecule has 0 spiro atoms. The van der Waals surface area contributed by atoms with Crippen molar-refractivity contribution in [1.29, 1.82) is 0 Å². The lowest BCUT2D eigenvalue weighted by molar-refractivity contribution is 0.555. The summed E-state index contributed by atoms with van der Waals surface area (Å²) in [6.07, 6.45) is 0.881. The molecule has 0 amide bonds. The van der Waals surface area contributed by atoms with Crippen LogP contribution in [0.1, 0.15) is 25.1 Å². The summed E-state index contributed by atoms with van der Waals surface area (Å²) in [6.45, 7) is 4.37. The second-order valence-electron chi connectivity index (χ2n) is 5.92. The molecule has 6 heteroatoms. The number of sulfonamides is 1. The van der Waals surface area contributed by atoms with Crippen LogP contribution < -0.4 is 10.5 Å². The molecular formula is C14H18N2O2S2. The third-order valence-corrected chi connectivity index (χ3v) is 6.80. The summed E-state index contributed by atoms with van der Waals surface area (Å²) in [7, 11) is -3.51. The van der Waals surface area contributed by atoms with Crippen molar-refractivity contribution in [2.45, 2.75) is 37.8 Å². The molecule has 0 aliphatic heterocycles. The molecule has 108 valence electrons. The van der Waals surface area contributed by atoms with E-state index in [1.807, 2.05) is 24.3 Å². The largest absolute Gasteiger partial charge is 0.326 e. The molecule has 0 saturated heterocycles. The predicted octanol–water partition coefficient (Wildman–Crippen LogP) is 2.44. The third kappa shape index (κ3) is 2.26. The van der Waals surface area contributed by atoms with E-state index in [0.717, 1.165) is 21.4 Å². The van der Waals surface area contributed by atoms with Crippen molar-refractivity contribution in [3.63, 3.8) is 0 Å². The lowest BCUT2D eigenvalue weighted by Gasteiger charge is -2.09. The summed E-state index contributed by atoms with van der Waals surface area (Å²) < 4.78 is 29.1. The van der Waals surface area contributed by atoms with E-state index in [4.69, 9.17) is 5.73 Å². The lowest BCUT2D eigenvalue weighted by Crippen LogP contribution is -2.29. The highest BCUT2D eigenvalue weighted by atomic mass is 32.2. The Bertz CT molecular complexity index is 763. The van der Waals surface area contributed by atoms with Crippen molar-refractivity contribution in [2.24, 2.45) is 11.1 Å². The van der Waals surface area contributed by atoms with E-state index in [1.54, 1.807) is 0 Å². The molecule has 2 aromatic rings. The second-order valence-corrected chi connectivity index (χ2v) is 8.71. The number of rotatable bonds is 4. The Morgan fingerprint density at radius 2 is 2.05 bits per heavy atom. The van der Waals surface area contributed by atoms with Crippen molar-refractivity contribution < 1.29 is 8.42 Å². The van der Waals surface area contributed by atoms with E-state index < -0.39 is 10.0 Å². The van der Waals surface area contributed by atoms with E-state index in [0.29, 0.717) is 4.90 Å². The Morgan fingerprint density at radius 3 is 2.65 bits per heavy atom. The zero-order valence-corrected chi connectivity index (χ0v) is 13.1. The summed E-state index contributed by atoms with van der Waals surface area (Å²) in [5, 5.41) is 0.768. The molecule has 1 fully saturated rings. The Labute approximate surface area is 123 Å². The van der Waals surface area contributed by atoms with Gasteiger partial charge in [-0.25, -0.2) is 13.1 Å². The first-order valence-electron chi connectivity index (χ1n) is 6.58. The minimum atomic E-state index is -3.51. The van der Waals surface area contributed by atoms with Gasteiger partial charge in [0, 0.05) is 27.5 Å². The van der Waals surface area contributed by atoms with Crippen molar-refractivity contribution in [2.75, 3.05) is 0 Å². The fraction of sp³-hybridized carbons (Fsp3) is 0.429. The Balaban J connectivity index is 2.08. The topological polar surface area (TPSA) is 72.2 Å². The molecule has 0 radical (unpaired) electrons. The van der Waals surface area contributed by atoms with Gasteiger partial charge in [0.25, 0.3) is 0 Å². The van der Waals surface area contributed by atoms with Gasteiger partial charge in [-0.1, -0.05) is 32.0 Å². The molecule has 1 unspecified atom stereocenters. The molecule has 0 bridgehead atoms. The lowest BCUT2D eigenvalue weighted by atomic mass is 10.2. The van der Waals surface area contributed by atoms with Crippen LogP contribution in [0.2, 0.25) is 0 Å². The molecule has 1 saturated carbocycles. The minimum absolute atomic E-state index is 0.0248. The van der Waals surface area contributed by atoms with E-state index in [9.17, 15) is 8.42 Å². The Kier molecular flexibility index (Phi) is 3.17. The van der Waals surface area contributed by atoms with Crippen LogP contribution in [0.4, 0.5) is 0 Å². The molecule has 3 rings (SSSR count). The van der Waals surface area contributed by atoms with E-state index in [1.165, 1.54) is 11.3 Å². The molecule has 1 aliphatic rings. The molecule has 1 heterocycles. The zero-order valence-electron chi connectivity index (χ0n) is 11.5. The third-order valence-electron chi connectivity index (χ3n) is 3.88. The SMILES string of the molecule is CC1(C)CC1NS(=O)(=O)c1c(CN)sc2ccccc12. The quantitative estimate of drug-likeness (QED) is 0.911. The molecule has 20 heavy (non-hydrogen) atoms. The van der Waals surface area contributed by atoms with Crippen LogP contribution >= 0.6 is 11.3 Å². The average molecular weight is 310 g/mol. The van der Waals surface area contributed by atoms with Crippen LogP contribution in [0.3, 0.4) is 0 Å². The first kappa shape index (κ1) is 14.0. The number of nitrogens with two attached hydrogens (primary N) is 1. The fourth-order valence-corrected chi connectivity index (χ4v) is 5.66. The van der Waals surface area contributed by atoms with Gasteiger partial charge in [-0.2, -0.15) is 0 Å². The molecule has 1 aromatic heterocycles. The van der Waals surface area contributed by atoms with Crippen LogP contribution in [0.5, 0.6) is 0 Å². The van der Waals surface area contributed by atoms with Gasteiger partial charge in [0.1, 0.15) is 4.90 Å². The van der Waals surface area contributed by atoms with Gasteiger partial charge in [-0.15, -0.1) is 11.3 Å². The van der Waals surface area contributed by atoms with Crippen molar-refractivity contribution in [3.05, 3.63) is 29.1 Å². The highest BCUT2D eigenvalue weighted by molar-refractivity contribution is 7.90. The van der Waals surface area contributed by atoms with Gasteiger partial charge >= 0.3 is 0 Å². The number of hydrogen-bond acceptors (Lipinski definition) is 4. The van der Waals surface area contributed by atoms with Crippen LogP contribution in [0, 0.1) is 5.41 Å². The first-order valence-corrected chi connectivity index (χ1v) is 8.88. The molecule has 4 nitrogen and oxygen atoms in total. The molecule has 1 atom stereocenters. The van der Waals surface area contributed by atoms with Gasteiger partial charge in [-0.3, -0.25) is 0 Å². The maximum absolute atomic E-state index is 12.7. The van der Waals surface area contributed by atoms with Crippen molar-refractivity contribution >= 4 is 31.4 Å². The standard InChI is InChI=1S/C14H18N2O2S2/c1-14(2)7-12(14)16-20(17,18)13-9-5-3-4-6-10(9)19-11(13)8-15/h3-6,12,16H,7-8,15H2,1-2H3. The first-order chi connectivity index (χ1) is 9.35. The van der Waals surface area contributed by atoms with Crippen LogP contribution in [0.25, 0.3) is 10.1 Å². The molecule has 1 aliphatic carbocycles. The maximum Gasteiger partial charge on any atom is 0.242 e. The minimum Gasteiger partial charge on any atom is -0.326 e. The normalized spacial score (nSPS) is 21.2. The van der Waals surface area contributed by atoms with E-state index in [2.05, 4.69) is 18.6 Å². The fourth-order valence-electron chi connectivity index (χ4n) is 2.42. The maximum atomic E-state index is 12.7. The predicted molar refractivity (Wildman–Crippen MR) is 82.2 cm³/mol. The smallest absolute Gasteiger partial charge is 0.242 e. The number of fused-ring (bicyclic) bond motifs is 1. The number of hydrogen-bond donors (Lipinski definition) is 2. The second kappa shape index (κ2) is 4.53. The van der Waals surface area contributed by atoms with Crippen LogP contribution in [-0.2, 0) is 16.6 Å². The number of thiophene rings is 1. The molecule has 3 N–H and O–H groups in total. The van der Waals surface area contributed by atoms with Crippen molar-refractivity contribution in [1.82, 2.24) is 4.72 Å². The van der Waals surface area contributed by atoms with E-state index in [-0.39, 0.29) is 18.0 Å². The van der Waals surface area contributed by atoms with Gasteiger partial charge in [0.05, 0.1) is 0 Å². The summed E-state index contributed by atoms with van der Waals surface area (Å²) in [6, 6.07) is 7.57. The summed E-state index contributed by atoms with van der Waals surface area (Å²) in [5.41, 5.74) is 5.79. The van der Waals surface area contributed by atoms with Gasteiger partial charge in [0.2, 0.25) is 10.0 Å². The van der Waals surface area contributed by atoms with Gasteiger partial charge in [-0.05, 0) is 17.9 Å². The van der Waals surface area contributed by atoms with Gasteiger partial charge < -0.3 is 5.73 Å². The summed E-state index contributed by atoms with van der Waals surface area (Å²) >= 11 is 1.45. The highest BCUT2D eigenvalue weighted by Gasteiger charge is 2.48. The Morgan fingerprint density at radius 1 is 1.40 bits per heavy atom. The zero-order chi connectivity index (χ0) is 14.5.